The summed E-state index contributed by atoms with van der Waals surface area (Å²) in [6.45, 7) is 5.84. The van der Waals surface area contributed by atoms with Crippen molar-refractivity contribution in [2.45, 2.75) is 25.4 Å². The molecule has 2 N–H and O–H groups in total. The number of aliphatic imine (C=N–C) groups is 1. The molecule has 1 fully saturated rings. The number of nitrogens with one attached hydrogen (secondary N) is 2. The zero-order chi connectivity index (χ0) is 22.2. The van der Waals surface area contributed by atoms with E-state index in [1.54, 1.807) is 7.11 Å². The zero-order valence-corrected chi connectivity index (χ0v) is 19.3. The van der Waals surface area contributed by atoms with Gasteiger partial charge in [0.1, 0.15) is 5.75 Å². The lowest BCUT2D eigenvalue weighted by atomic mass is 10.1. The van der Waals surface area contributed by atoms with Crippen molar-refractivity contribution in [3.05, 3.63) is 71.8 Å². The molecule has 6 nitrogen and oxygen atoms in total. The molecule has 2 aliphatic heterocycles. The molecule has 0 aromatic heterocycles. The summed E-state index contributed by atoms with van der Waals surface area (Å²) >= 11 is 0. The molecular formula is C26H35N5O. The van der Waals surface area contributed by atoms with Gasteiger partial charge >= 0.3 is 0 Å². The molecule has 0 saturated carbocycles. The minimum Gasteiger partial charge on any atom is -0.497 e. The third kappa shape index (κ3) is 5.62. The van der Waals surface area contributed by atoms with Crippen LogP contribution in [0.4, 0.5) is 5.69 Å². The lowest BCUT2D eigenvalue weighted by Crippen LogP contribution is -2.42. The van der Waals surface area contributed by atoms with Gasteiger partial charge in [0.05, 0.1) is 13.2 Å². The monoisotopic (exact) mass is 433 g/mol. The first-order chi connectivity index (χ1) is 15.8. The number of benzene rings is 2. The van der Waals surface area contributed by atoms with Gasteiger partial charge in [0, 0.05) is 38.9 Å². The number of ether oxygens (including phenoxy) is 1. The van der Waals surface area contributed by atoms with Gasteiger partial charge in [-0.05, 0) is 61.3 Å². The van der Waals surface area contributed by atoms with Gasteiger partial charge in [-0.25, -0.2) is 0 Å². The minimum atomic E-state index is 0.315. The Hall–Kier alpha value is -2.99. The second-order valence-corrected chi connectivity index (χ2v) is 8.38. The zero-order valence-electron chi connectivity index (χ0n) is 19.3. The topological polar surface area (TPSA) is 52.1 Å². The van der Waals surface area contributed by atoms with Gasteiger partial charge in [-0.15, -0.1) is 0 Å². The van der Waals surface area contributed by atoms with E-state index >= 15 is 0 Å². The Morgan fingerprint density at radius 2 is 1.66 bits per heavy atom. The molecule has 32 heavy (non-hydrogen) atoms. The fraction of sp³-hybridized carbons (Fsp3) is 0.423. The van der Waals surface area contributed by atoms with Crippen LogP contribution in [0, 0.1) is 0 Å². The Morgan fingerprint density at radius 1 is 0.969 bits per heavy atom. The summed E-state index contributed by atoms with van der Waals surface area (Å²) in [5.41, 5.74) is 3.83. The fourth-order valence-corrected chi connectivity index (χ4v) is 4.45. The van der Waals surface area contributed by atoms with Crippen LogP contribution in [-0.4, -0.2) is 57.7 Å². The highest BCUT2D eigenvalue weighted by molar-refractivity contribution is 5.79. The minimum absolute atomic E-state index is 0.315. The highest BCUT2D eigenvalue weighted by Gasteiger charge is 2.23. The van der Waals surface area contributed by atoms with E-state index in [4.69, 9.17) is 4.74 Å². The summed E-state index contributed by atoms with van der Waals surface area (Å²) < 4.78 is 5.34. The van der Waals surface area contributed by atoms with Gasteiger partial charge in [-0.1, -0.05) is 36.4 Å². The van der Waals surface area contributed by atoms with E-state index in [-0.39, 0.29) is 0 Å². The Kier molecular flexibility index (Phi) is 7.67. The van der Waals surface area contributed by atoms with Crippen LogP contribution in [0.15, 0.2) is 65.7 Å². The molecule has 6 heteroatoms. The lowest BCUT2D eigenvalue weighted by Gasteiger charge is -2.29. The van der Waals surface area contributed by atoms with E-state index in [2.05, 4.69) is 74.0 Å². The number of methoxy groups -OCH3 is 1. The van der Waals surface area contributed by atoms with Crippen LogP contribution in [0.1, 0.15) is 30.0 Å². The fourth-order valence-electron chi connectivity index (χ4n) is 4.45. The van der Waals surface area contributed by atoms with Gasteiger partial charge in [0.15, 0.2) is 5.96 Å². The second kappa shape index (κ2) is 11.0. The summed E-state index contributed by atoms with van der Waals surface area (Å²) in [5, 5.41) is 7.01. The summed E-state index contributed by atoms with van der Waals surface area (Å²) in [6.07, 6.45) is 6.96. The highest BCUT2D eigenvalue weighted by atomic mass is 16.5. The van der Waals surface area contributed by atoms with Crippen molar-refractivity contribution >= 4 is 11.6 Å². The van der Waals surface area contributed by atoms with Crippen LogP contribution in [0.3, 0.4) is 0 Å². The third-order valence-corrected chi connectivity index (χ3v) is 6.35. The van der Waals surface area contributed by atoms with E-state index in [1.165, 1.54) is 29.7 Å². The predicted octanol–water partition coefficient (Wildman–Crippen LogP) is 3.57. The van der Waals surface area contributed by atoms with Crippen molar-refractivity contribution in [2.24, 2.45) is 4.99 Å². The van der Waals surface area contributed by atoms with Crippen molar-refractivity contribution in [3.63, 3.8) is 0 Å². The molecule has 1 atom stereocenters. The molecule has 2 aromatic carbocycles. The molecule has 0 bridgehead atoms. The molecule has 1 saturated heterocycles. The first-order valence-corrected chi connectivity index (χ1v) is 11.6. The number of nitrogens with zero attached hydrogens (tertiary/aromatic N) is 3. The smallest absolute Gasteiger partial charge is 0.191 e. The first kappa shape index (κ1) is 22.2. The SMILES string of the molecule is CN=C(NCc1ccc(N2CC=CC2)cc1)NCC(c1ccc(OC)cc1)N1CCCC1. The molecular weight excluding hydrogens is 398 g/mol. The maximum atomic E-state index is 5.34. The lowest BCUT2D eigenvalue weighted by molar-refractivity contribution is 0.245. The van der Waals surface area contributed by atoms with Crippen LogP contribution < -0.4 is 20.3 Å². The van der Waals surface area contributed by atoms with Gasteiger partial charge in [0.25, 0.3) is 0 Å². The van der Waals surface area contributed by atoms with E-state index in [9.17, 15) is 0 Å². The molecule has 1 unspecified atom stereocenters. The van der Waals surface area contributed by atoms with Crippen LogP contribution in [0.2, 0.25) is 0 Å². The molecule has 0 aliphatic carbocycles. The Morgan fingerprint density at radius 3 is 2.28 bits per heavy atom. The molecule has 0 amide bonds. The predicted molar refractivity (Wildman–Crippen MR) is 133 cm³/mol. The van der Waals surface area contributed by atoms with Crippen LogP contribution in [0.5, 0.6) is 5.75 Å². The largest absolute Gasteiger partial charge is 0.497 e. The van der Waals surface area contributed by atoms with Crippen LogP contribution in [-0.2, 0) is 6.54 Å². The number of anilines is 1. The van der Waals surface area contributed by atoms with Crippen molar-refractivity contribution in [3.8, 4) is 5.75 Å². The molecule has 2 aromatic rings. The maximum Gasteiger partial charge on any atom is 0.191 e. The quantitative estimate of drug-likeness (QED) is 0.379. The number of guanidine groups is 1. The molecule has 4 rings (SSSR count). The summed E-state index contributed by atoms with van der Waals surface area (Å²) in [4.78, 5) is 9.36. The van der Waals surface area contributed by atoms with Gasteiger partial charge < -0.3 is 20.3 Å². The summed E-state index contributed by atoms with van der Waals surface area (Å²) in [7, 11) is 3.54. The van der Waals surface area contributed by atoms with E-state index < -0.39 is 0 Å². The normalized spacial score (nSPS) is 17.6. The van der Waals surface area contributed by atoms with Crippen LogP contribution in [0.25, 0.3) is 0 Å². The molecule has 0 radical (unpaired) electrons. The van der Waals surface area contributed by atoms with Gasteiger partial charge in [0.2, 0.25) is 0 Å². The summed E-state index contributed by atoms with van der Waals surface area (Å²) in [5.74, 6) is 1.72. The van der Waals surface area contributed by atoms with Crippen molar-refractivity contribution in [1.29, 1.82) is 0 Å². The van der Waals surface area contributed by atoms with Crippen molar-refractivity contribution in [2.75, 3.05) is 51.8 Å². The van der Waals surface area contributed by atoms with Gasteiger partial charge in [-0.2, -0.15) is 0 Å². The first-order valence-electron chi connectivity index (χ1n) is 11.6. The van der Waals surface area contributed by atoms with Crippen molar-refractivity contribution < 1.29 is 4.74 Å². The van der Waals surface area contributed by atoms with E-state index in [1.807, 2.05) is 19.2 Å². The van der Waals surface area contributed by atoms with E-state index in [0.29, 0.717) is 6.04 Å². The molecule has 2 aliphatic rings. The van der Waals surface area contributed by atoms with E-state index in [0.717, 1.165) is 51.0 Å². The number of hydrogen-bond donors (Lipinski definition) is 2. The molecule has 170 valence electrons. The number of hydrogen-bond acceptors (Lipinski definition) is 4. The standard InChI is InChI=1S/C26H35N5O/c1-27-26(28-19-21-7-11-23(12-8-21)30-15-3-4-16-30)29-20-25(31-17-5-6-18-31)22-9-13-24(32-2)14-10-22/h3-4,7-14,25H,5-6,15-20H2,1-2H3,(H2,27,28,29). The average molecular weight is 434 g/mol. The maximum absolute atomic E-state index is 5.34. The van der Waals surface area contributed by atoms with Crippen LogP contribution >= 0.6 is 0 Å². The Labute approximate surface area is 192 Å². The molecule has 2 heterocycles. The number of likely N-dealkylation sites (tertiary alicyclic amines) is 1. The number of rotatable bonds is 8. The third-order valence-electron chi connectivity index (χ3n) is 6.35. The Balaban J connectivity index is 1.33. The average Bonchev–Trinajstić information content (AvgIpc) is 3.57. The second-order valence-electron chi connectivity index (χ2n) is 8.38. The molecule has 0 spiro atoms. The summed E-state index contributed by atoms with van der Waals surface area (Å²) in [6, 6.07) is 17.6. The van der Waals surface area contributed by atoms with Crippen molar-refractivity contribution in [1.82, 2.24) is 15.5 Å². The Bertz CT molecular complexity index is 893. The van der Waals surface area contributed by atoms with Gasteiger partial charge in [-0.3, -0.25) is 9.89 Å². The highest BCUT2D eigenvalue weighted by Crippen LogP contribution is 2.26.